The lowest BCUT2D eigenvalue weighted by Crippen LogP contribution is -2.10. The Morgan fingerprint density at radius 2 is 1.06 bits per heavy atom. The first-order valence-corrected chi connectivity index (χ1v) is 5.94. The van der Waals surface area contributed by atoms with E-state index in [0.717, 1.165) is 0 Å². The van der Waals surface area contributed by atoms with Gasteiger partial charge in [0, 0.05) is 0 Å². The van der Waals surface area contributed by atoms with Crippen molar-refractivity contribution in [2.45, 2.75) is 26.2 Å². The smallest absolute Gasteiger partial charge is 0.157 e. The van der Waals surface area contributed by atoms with Crippen LogP contribution < -0.4 is 0 Å². The van der Waals surface area contributed by atoms with Crippen LogP contribution in [0.15, 0.2) is 54.6 Å². The molecule has 0 saturated carbocycles. The van der Waals surface area contributed by atoms with Gasteiger partial charge in [0.15, 0.2) is 11.5 Å². The highest BCUT2D eigenvalue weighted by Crippen LogP contribution is 2.21. The molecule has 2 N–H and O–H groups in total. The van der Waals surface area contributed by atoms with Crippen LogP contribution in [0.25, 0.3) is 0 Å². The molecule has 0 aliphatic rings. The molecule has 2 rings (SSSR count). The molecule has 0 bridgehead atoms. The molecule has 2 aromatic rings. The van der Waals surface area contributed by atoms with Crippen LogP contribution in [0.2, 0.25) is 0 Å². The van der Waals surface area contributed by atoms with Crippen LogP contribution in [-0.2, 0) is 5.41 Å². The summed E-state index contributed by atoms with van der Waals surface area (Å²) in [6.07, 6.45) is 0. The second-order valence-corrected chi connectivity index (χ2v) is 5.10. The van der Waals surface area contributed by atoms with Crippen LogP contribution in [0.1, 0.15) is 26.3 Å². The van der Waals surface area contributed by atoms with Crippen molar-refractivity contribution in [1.82, 2.24) is 0 Å². The van der Waals surface area contributed by atoms with Crippen molar-refractivity contribution in [2.24, 2.45) is 0 Å². The topological polar surface area (TPSA) is 40.5 Å². The molecular weight excluding hydrogens is 224 g/mol. The molecule has 18 heavy (non-hydrogen) atoms. The Morgan fingerprint density at radius 3 is 1.33 bits per heavy atom. The normalized spacial score (nSPS) is 10.4. The predicted molar refractivity (Wildman–Crippen MR) is 74.9 cm³/mol. The molecule has 0 heterocycles. The number of para-hydroxylation sites is 2. The summed E-state index contributed by atoms with van der Waals surface area (Å²) < 4.78 is 0. The van der Waals surface area contributed by atoms with Gasteiger partial charge in [-0.25, -0.2) is 0 Å². The molecule has 0 saturated heterocycles. The van der Waals surface area contributed by atoms with Crippen molar-refractivity contribution in [1.29, 1.82) is 0 Å². The molecule has 2 aromatic carbocycles. The minimum Gasteiger partial charge on any atom is -0.504 e. The van der Waals surface area contributed by atoms with Gasteiger partial charge >= 0.3 is 0 Å². The van der Waals surface area contributed by atoms with Crippen LogP contribution in [0, 0.1) is 0 Å². The van der Waals surface area contributed by atoms with E-state index in [2.05, 4.69) is 51.1 Å². The number of aromatic hydroxyl groups is 2. The summed E-state index contributed by atoms with van der Waals surface area (Å²) in [5.74, 6) is -0.153. The summed E-state index contributed by atoms with van der Waals surface area (Å²) in [6, 6.07) is 16.7. The van der Waals surface area contributed by atoms with Gasteiger partial charge < -0.3 is 10.2 Å². The second-order valence-electron chi connectivity index (χ2n) is 5.10. The molecule has 0 amide bonds. The molecule has 0 atom stereocenters. The Balaban J connectivity index is 0.000000184. The van der Waals surface area contributed by atoms with Crippen LogP contribution in [0.3, 0.4) is 0 Å². The molecule has 0 aliphatic heterocycles. The Hall–Kier alpha value is -1.96. The quantitative estimate of drug-likeness (QED) is 0.685. The van der Waals surface area contributed by atoms with E-state index in [0.29, 0.717) is 5.41 Å². The van der Waals surface area contributed by atoms with E-state index in [9.17, 15) is 0 Å². The number of phenolic OH excluding ortho intramolecular Hbond substituents is 2. The highest BCUT2D eigenvalue weighted by atomic mass is 16.3. The van der Waals surface area contributed by atoms with Gasteiger partial charge in [0.1, 0.15) is 0 Å². The second kappa shape index (κ2) is 6.10. The van der Waals surface area contributed by atoms with Gasteiger partial charge in [0.25, 0.3) is 0 Å². The maximum atomic E-state index is 8.67. The maximum absolute atomic E-state index is 8.67. The number of rotatable bonds is 0. The zero-order chi connectivity index (χ0) is 13.6. The average Bonchev–Trinajstić information content (AvgIpc) is 2.34. The summed E-state index contributed by atoms with van der Waals surface area (Å²) in [4.78, 5) is 0. The minimum absolute atomic E-state index is 0.0764. The molecule has 0 aliphatic carbocycles. The molecular formula is C16H20O2. The van der Waals surface area contributed by atoms with Gasteiger partial charge in [0.05, 0.1) is 0 Å². The van der Waals surface area contributed by atoms with Crippen LogP contribution >= 0.6 is 0 Å². The van der Waals surface area contributed by atoms with Gasteiger partial charge in [-0.1, -0.05) is 63.2 Å². The Morgan fingerprint density at radius 1 is 0.667 bits per heavy atom. The summed E-state index contributed by atoms with van der Waals surface area (Å²) in [7, 11) is 0. The van der Waals surface area contributed by atoms with E-state index in [1.165, 1.54) is 17.7 Å². The van der Waals surface area contributed by atoms with Crippen LogP contribution in [0.5, 0.6) is 11.5 Å². The first-order chi connectivity index (χ1) is 8.41. The van der Waals surface area contributed by atoms with Crippen molar-refractivity contribution in [3.05, 3.63) is 60.2 Å². The molecule has 0 spiro atoms. The Labute approximate surface area is 109 Å². The van der Waals surface area contributed by atoms with E-state index in [1.807, 2.05) is 0 Å². The third-order valence-electron chi connectivity index (χ3n) is 2.52. The lowest BCUT2D eigenvalue weighted by atomic mass is 9.87. The summed E-state index contributed by atoms with van der Waals surface area (Å²) in [6.45, 7) is 6.67. The van der Waals surface area contributed by atoms with E-state index in [4.69, 9.17) is 10.2 Å². The molecule has 0 radical (unpaired) electrons. The number of hydrogen-bond donors (Lipinski definition) is 2. The summed E-state index contributed by atoms with van der Waals surface area (Å²) in [5.41, 5.74) is 1.69. The fraction of sp³-hybridized carbons (Fsp3) is 0.250. The summed E-state index contributed by atoms with van der Waals surface area (Å²) in [5, 5.41) is 17.3. The molecule has 0 aromatic heterocycles. The maximum Gasteiger partial charge on any atom is 0.157 e. The average molecular weight is 244 g/mol. The third kappa shape index (κ3) is 4.50. The largest absolute Gasteiger partial charge is 0.504 e. The van der Waals surface area contributed by atoms with Crippen molar-refractivity contribution in [3.8, 4) is 11.5 Å². The van der Waals surface area contributed by atoms with Crippen LogP contribution in [-0.4, -0.2) is 10.2 Å². The number of phenols is 2. The SMILES string of the molecule is CC(C)(C)c1ccccc1.Oc1ccccc1O. The molecule has 0 fully saturated rings. The predicted octanol–water partition coefficient (Wildman–Crippen LogP) is 4.08. The Bertz CT molecular complexity index is 449. The first-order valence-electron chi connectivity index (χ1n) is 5.94. The minimum atomic E-state index is -0.0764. The fourth-order valence-electron chi connectivity index (χ4n) is 1.40. The molecule has 2 nitrogen and oxygen atoms in total. The molecule has 96 valence electrons. The zero-order valence-electron chi connectivity index (χ0n) is 11.1. The number of benzene rings is 2. The number of hydrogen-bond acceptors (Lipinski definition) is 2. The highest BCUT2D eigenvalue weighted by molar-refractivity contribution is 5.36. The van der Waals surface area contributed by atoms with Crippen molar-refractivity contribution < 1.29 is 10.2 Å². The lowest BCUT2D eigenvalue weighted by Gasteiger charge is -2.18. The van der Waals surface area contributed by atoms with E-state index in [-0.39, 0.29) is 11.5 Å². The molecule has 2 heteroatoms. The van der Waals surface area contributed by atoms with Gasteiger partial charge in [-0.15, -0.1) is 0 Å². The monoisotopic (exact) mass is 244 g/mol. The van der Waals surface area contributed by atoms with Gasteiger partial charge in [0.2, 0.25) is 0 Å². The highest BCUT2D eigenvalue weighted by Gasteiger charge is 2.11. The lowest BCUT2D eigenvalue weighted by molar-refractivity contribution is 0.404. The summed E-state index contributed by atoms with van der Waals surface area (Å²) >= 11 is 0. The van der Waals surface area contributed by atoms with Gasteiger partial charge in [-0.05, 0) is 23.1 Å². The standard InChI is InChI=1S/C10H14.C6H6O2/c1-10(2,3)9-7-5-4-6-8-9;7-5-3-1-2-4-6(5)8/h4-8H,1-3H3;1-4,7-8H. The fourth-order valence-corrected chi connectivity index (χ4v) is 1.40. The van der Waals surface area contributed by atoms with E-state index < -0.39 is 0 Å². The molecule has 0 unspecified atom stereocenters. The van der Waals surface area contributed by atoms with E-state index >= 15 is 0 Å². The van der Waals surface area contributed by atoms with Crippen LogP contribution in [0.4, 0.5) is 0 Å². The van der Waals surface area contributed by atoms with Crippen molar-refractivity contribution in [3.63, 3.8) is 0 Å². The Kier molecular flexibility index (Phi) is 4.78. The van der Waals surface area contributed by atoms with Gasteiger partial charge in [-0.3, -0.25) is 0 Å². The van der Waals surface area contributed by atoms with Gasteiger partial charge in [-0.2, -0.15) is 0 Å². The zero-order valence-corrected chi connectivity index (χ0v) is 11.1. The van der Waals surface area contributed by atoms with E-state index in [1.54, 1.807) is 12.1 Å². The third-order valence-corrected chi connectivity index (χ3v) is 2.52. The van der Waals surface area contributed by atoms with Crippen molar-refractivity contribution in [2.75, 3.05) is 0 Å². The van der Waals surface area contributed by atoms with Crippen molar-refractivity contribution >= 4 is 0 Å². The first kappa shape index (κ1) is 14.1.